The van der Waals surface area contributed by atoms with Crippen molar-refractivity contribution in [1.29, 1.82) is 0 Å². The molecule has 0 N–H and O–H groups in total. The Morgan fingerprint density at radius 1 is 1.33 bits per heavy atom. The molecule has 0 aliphatic carbocycles. The quantitative estimate of drug-likeness (QED) is 0.570. The summed E-state index contributed by atoms with van der Waals surface area (Å²) in [4.78, 5) is 21.6. The maximum absolute atomic E-state index is 11.2. The van der Waals surface area contributed by atoms with Gasteiger partial charge in [0.15, 0.2) is 0 Å². The molecule has 1 rings (SSSR count). The van der Waals surface area contributed by atoms with Crippen molar-refractivity contribution in [3.05, 3.63) is 33.9 Å². The minimum atomic E-state index is -0.495. The third-order valence-electron chi connectivity index (χ3n) is 2.43. The Morgan fingerprint density at radius 3 is 2.40 bits per heavy atom. The standard InChI is InChI=1S/C12H11ClO2/c1-7-6-8(2)11(12(13)15)9(3)10(7)4-5-14/h4,6H,1-3H3. The first-order valence-corrected chi connectivity index (χ1v) is 4.88. The summed E-state index contributed by atoms with van der Waals surface area (Å²) in [7, 11) is 0. The second kappa shape index (κ2) is 4.43. The number of benzene rings is 1. The van der Waals surface area contributed by atoms with E-state index in [4.69, 9.17) is 11.6 Å². The Hall–Kier alpha value is -1.37. The molecule has 0 aliphatic rings. The Kier molecular flexibility index (Phi) is 3.46. The van der Waals surface area contributed by atoms with E-state index in [0.29, 0.717) is 5.56 Å². The van der Waals surface area contributed by atoms with Gasteiger partial charge < -0.3 is 0 Å². The van der Waals surface area contributed by atoms with E-state index in [0.717, 1.165) is 22.3 Å². The number of hydrogen-bond acceptors (Lipinski definition) is 2. The van der Waals surface area contributed by atoms with E-state index in [2.05, 4.69) is 0 Å². The Bertz CT molecular complexity index is 443. The van der Waals surface area contributed by atoms with Crippen LogP contribution in [-0.2, 0) is 4.79 Å². The molecule has 0 aliphatic heterocycles. The second-order valence-corrected chi connectivity index (χ2v) is 3.80. The molecular formula is C12H11ClO2. The highest BCUT2D eigenvalue weighted by atomic mass is 35.5. The Labute approximate surface area is 93.6 Å². The summed E-state index contributed by atoms with van der Waals surface area (Å²) in [6.45, 7) is 5.48. The zero-order valence-electron chi connectivity index (χ0n) is 8.85. The summed E-state index contributed by atoms with van der Waals surface area (Å²) in [6.07, 6.45) is 1.33. The van der Waals surface area contributed by atoms with Gasteiger partial charge in [0.05, 0.1) is 0 Å². The summed E-state index contributed by atoms with van der Waals surface area (Å²) in [5.74, 6) is 1.72. The highest BCUT2D eigenvalue weighted by Crippen LogP contribution is 2.24. The molecule has 78 valence electrons. The van der Waals surface area contributed by atoms with Gasteiger partial charge in [0.2, 0.25) is 0 Å². The van der Waals surface area contributed by atoms with Gasteiger partial charge in [-0.25, -0.2) is 4.79 Å². The average Bonchev–Trinajstić information content (AvgIpc) is 2.11. The minimum Gasteiger partial charge on any atom is -0.276 e. The molecule has 0 amide bonds. The third-order valence-corrected chi connectivity index (χ3v) is 2.62. The molecular weight excluding hydrogens is 212 g/mol. The third kappa shape index (κ3) is 2.17. The van der Waals surface area contributed by atoms with Crippen molar-refractivity contribution >= 4 is 28.9 Å². The fourth-order valence-electron chi connectivity index (χ4n) is 1.78. The van der Waals surface area contributed by atoms with Crippen LogP contribution in [0.1, 0.15) is 32.6 Å². The molecule has 0 fully saturated rings. The maximum atomic E-state index is 11.2. The summed E-state index contributed by atoms with van der Waals surface area (Å²) in [6, 6.07) is 1.84. The van der Waals surface area contributed by atoms with Crippen LogP contribution < -0.4 is 0 Å². The molecule has 0 radical (unpaired) electrons. The number of hydrogen-bond donors (Lipinski definition) is 0. The predicted molar refractivity (Wildman–Crippen MR) is 61.0 cm³/mol. The molecule has 0 aromatic heterocycles. The van der Waals surface area contributed by atoms with Crippen LogP contribution in [0.3, 0.4) is 0 Å². The van der Waals surface area contributed by atoms with Crippen LogP contribution in [-0.4, -0.2) is 11.2 Å². The fraction of sp³-hybridized carbons (Fsp3) is 0.250. The minimum absolute atomic E-state index is 0.476. The van der Waals surface area contributed by atoms with Gasteiger partial charge in [-0.05, 0) is 54.6 Å². The fourth-order valence-corrected chi connectivity index (χ4v) is 2.08. The lowest BCUT2D eigenvalue weighted by atomic mass is 9.94. The zero-order chi connectivity index (χ0) is 11.6. The second-order valence-electron chi connectivity index (χ2n) is 3.46. The molecule has 0 bridgehead atoms. The SMILES string of the molecule is Cc1cc(C)c(C(=O)Cl)c(C)c1C=C=O. The highest BCUT2D eigenvalue weighted by molar-refractivity contribution is 6.68. The molecule has 0 saturated carbocycles. The van der Waals surface area contributed by atoms with Gasteiger partial charge in [0, 0.05) is 11.6 Å². The van der Waals surface area contributed by atoms with Crippen LogP contribution in [0.5, 0.6) is 0 Å². The van der Waals surface area contributed by atoms with Crippen molar-refractivity contribution in [2.75, 3.05) is 0 Å². The van der Waals surface area contributed by atoms with Gasteiger partial charge in [0.25, 0.3) is 5.24 Å². The number of carbonyl (C=O) groups is 1. The van der Waals surface area contributed by atoms with E-state index in [-0.39, 0.29) is 0 Å². The predicted octanol–water partition coefficient (Wildman–Crippen LogP) is 2.84. The summed E-state index contributed by atoms with van der Waals surface area (Å²) >= 11 is 5.49. The monoisotopic (exact) mass is 222 g/mol. The van der Waals surface area contributed by atoms with Crippen molar-refractivity contribution in [3.63, 3.8) is 0 Å². The largest absolute Gasteiger partial charge is 0.276 e. The number of carbonyl (C=O) groups excluding carboxylic acids is 2. The lowest BCUT2D eigenvalue weighted by molar-refractivity contribution is 0.108. The molecule has 2 nitrogen and oxygen atoms in total. The maximum Gasteiger partial charge on any atom is 0.252 e. The van der Waals surface area contributed by atoms with Gasteiger partial charge in [-0.15, -0.1) is 0 Å². The van der Waals surface area contributed by atoms with Gasteiger partial charge in [-0.3, -0.25) is 4.79 Å². The lowest BCUT2D eigenvalue weighted by Gasteiger charge is -2.11. The number of halogens is 1. The summed E-state index contributed by atoms with van der Waals surface area (Å²) < 4.78 is 0. The van der Waals surface area contributed by atoms with Gasteiger partial charge in [0.1, 0.15) is 5.94 Å². The molecule has 0 unspecified atom stereocenters. The first-order valence-electron chi connectivity index (χ1n) is 4.50. The highest BCUT2D eigenvalue weighted by Gasteiger charge is 2.14. The van der Waals surface area contributed by atoms with Gasteiger partial charge in [-0.1, -0.05) is 6.07 Å². The molecule has 0 atom stereocenters. The molecule has 1 aromatic carbocycles. The first-order chi connectivity index (χ1) is 6.99. The summed E-state index contributed by atoms with van der Waals surface area (Å²) in [5, 5.41) is -0.495. The Balaban J connectivity index is 3.63. The molecule has 0 saturated heterocycles. The molecule has 1 aromatic rings. The van der Waals surface area contributed by atoms with Crippen molar-refractivity contribution in [1.82, 2.24) is 0 Å². The Morgan fingerprint density at radius 2 is 1.93 bits per heavy atom. The number of aryl methyl sites for hydroxylation is 2. The lowest BCUT2D eigenvalue weighted by Crippen LogP contribution is -2.02. The van der Waals surface area contributed by atoms with E-state index in [1.165, 1.54) is 6.08 Å². The smallest absolute Gasteiger partial charge is 0.252 e. The van der Waals surface area contributed by atoms with Crippen LogP contribution in [0.15, 0.2) is 6.07 Å². The van der Waals surface area contributed by atoms with Crippen molar-refractivity contribution < 1.29 is 9.59 Å². The van der Waals surface area contributed by atoms with Gasteiger partial charge in [-0.2, -0.15) is 0 Å². The van der Waals surface area contributed by atoms with Crippen LogP contribution >= 0.6 is 11.6 Å². The molecule has 0 heterocycles. The van der Waals surface area contributed by atoms with Gasteiger partial charge >= 0.3 is 0 Å². The molecule has 15 heavy (non-hydrogen) atoms. The van der Waals surface area contributed by atoms with E-state index in [9.17, 15) is 9.59 Å². The van der Waals surface area contributed by atoms with Crippen molar-refractivity contribution in [2.24, 2.45) is 0 Å². The number of rotatable bonds is 2. The van der Waals surface area contributed by atoms with Crippen molar-refractivity contribution in [3.8, 4) is 0 Å². The van der Waals surface area contributed by atoms with Crippen LogP contribution in [0.4, 0.5) is 0 Å². The zero-order valence-corrected chi connectivity index (χ0v) is 9.61. The normalized spacial score (nSPS) is 9.60. The molecule has 0 spiro atoms. The van der Waals surface area contributed by atoms with E-state index in [1.807, 2.05) is 19.9 Å². The van der Waals surface area contributed by atoms with E-state index in [1.54, 1.807) is 12.9 Å². The van der Waals surface area contributed by atoms with E-state index < -0.39 is 5.24 Å². The van der Waals surface area contributed by atoms with E-state index >= 15 is 0 Å². The molecule has 3 heteroatoms. The van der Waals surface area contributed by atoms with Crippen LogP contribution in [0, 0.1) is 20.8 Å². The average molecular weight is 223 g/mol. The summed E-state index contributed by atoms with van der Waals surface area (Å²) in [5.41, 5.74) is 3.70. The van der Waals surface area contributed by atoms with Crippen LogP contribution in [0.2, 0.25) is 0 Å². The topological polar surface area (TPSA) is 34.1 Å². The van der Waals surface area contributed by atoms with Crippen molar-refractivity contribution in [2.45, 2.75) is 20.8 Å². The van der Waals surface area contributed by atoms with Crippen LogP contribution in [0.25, 0.3) is 6.08 Å². The first kappa shape index (κ1) is 11.7.